The van der Waals surface area contributed by atoms with E-state index in [0.717, 1.165) is 27.3 Å². The fraction of sp³-hybridized carbons (Fsp3) is 0.286. The monoisotopic (exact) mass is 870 g/mol. The SMILES string of the molecule is O=S(=O)(O)C(F)(F)C(F)(F)C(F)(F)C(F)(F)F.O=S(=O)(O)C(F)(F)C(F)(F)C(F)(F)C(F)(F)F.Oc1ccc2ccccc2c1-c1cccc2ccccc12. The molecule has 27 heteroatoms. The molecule has 0 aliphatic heterocycles. The van der Waals surface area contributed by atoms with Gasteiger partial charge in [0.15, 0.2) is 0 Å². The predicted octanol–water partition coefficient (Wildman–Crippen LogP) is 9.97. The smallest absolute Gasteiger partial charge is 0.460 e. The van der Waals surface area contributed by atoms with Crippen molar-refractivity contribution in [1.82, 2.24) is 0 Å². The summed E-state index contributed by atoms with van der Waals surface area (Å²) >= 11 is 0. The maximum atomic E-state index is 12.2. The first kappa shape index (κ1) is 46.9. The molecule has 0 aromatic heterocycles. The number of phenols is 1. The Morgan fingerprint density at radius 1 is 0.400 bits per heavy atom. The van der Waals surface area contributed by atoms with Crippen LogP contribution >= 0.6 is 0 Å². The molecule has 4 aromatic rings. The summed E-state index contributed by atoms with van der Waals surface area (Å²) < 4.78 is 268. The zero-order valence-electron chi connectivity index (χ0n) is 25.6. The Morgan fingerprint density at radius 2 is 0.727 bits per heavy atom. The minimum atomic E-state index is -7.37. The van der Waals surface area contributed by atoms with Crippen molar-refractivity contribution in [1.29, 1.82) is 0 Å². The van der Waals surface area contributed by atoms with Gasteiger partial charge < -0.3 is 5.11 Å². The molecular formula is C28H16F18O7S2. The van der Waals surface area contributed by atoms with Crippen LogP contribution in [-0.4, -0.2) is 77.6 Å². The van der Waals surface area contributed by atoms with Gasteiger partial charge >= 0.3 is 66.8 Å². The van der Waals surface area contributed by atoms with Crippen molar-refractivity contribution in [2.45, 2.75) is 46.6 Å². The van der Waals surface area contributed by atoms with Crippen LogP contribution in [0.25, 0.3) is 32.7 Å². The Morgan fingerprint density at radius 3 is 1.09 bits per heavy atom. The fourth-order valence-corrected chi connectivity index (χ4v) is 4.94. The second-order valence-electron chi connectivity index (χ2n) is 10.5. The van der Waals surface area contributed by atoms with E-state index in [4.69, 9.17) is 9.11 Å². The second kappa shape index (κ2) is 14.7. The molecule has 4 rings (SSSR count). The molecule has 0 heterocycles. The Hall–Kier alpha value is -4.24. The quantitative estimate of drug-likeness (QED) is 0.125. The number of alkyl halides is 18. The normalized spacial score (nSPS) is 14.2. The first-order valence-corrected chi connectivity index (χ1v) is 16.3. The van der Waals surface area contributed by atoms with Gasteiger partial charge in [-0.15, -0.1) is 0 Å². The molecule has 4 aromatic carbocycles. The van der Waals surface area contributed by atoms with Gasteiger partial charge in [-0.3, -0.25) is 9.11 Å². The van der Waals surface area contributed by atoms with Crippen LogP contribution in [-0.2, 0) is 20.2 Å². The number of rotatable bonds is 7. The van der Waals surface area contributed by atoms with E-state index in [0.29, 0.717) is 5.75 Å². The van der Waals surface area contributed by atoms with Crippen LogP contribution in [0.5, 0.6) is 5.75 Å². The van der Waals surface area contributed by atoms with E-state index in [-0.39, 0.29) is 0 Å². The van der Waals surface area contributed by atoms with Gasteiger partial charge in [-0.1, -0.05) is 72.8 Å². The Kier molecular flexibility index (Phi) is 12.5. The number of benzene rings is 4. The third kappa shape index (κ3) is 8.33. The molecule has 0 saturated heterocycles. The number of aromatic hydroxyl groups is 1. The molecular weight excluding hydrogens is 854 g/mol. The number of phenolic OH excluding ortho intramolecular Hbond substituents is 1. The molecule has 0 saturated carbocycles. The Balaban J connectivity index is 0.000000289. The zero-order chi connectivity index (χ0) is 43.2. The van der Waals surface area contributed by atoms with Gasteiger partial charge in [0.25, 0.3) is 0 Å². The van der Waals surface area contributed by atoms with Crippen LogP contribution in [0.2, 0.25) is 0 Å². The molecule has 55 heavy (non-hydrogen) atoms. The molecule has 0 fully saturated rings. The zero-order valence-corrected chi connectivity index (χ0v) is 27.2. The number of fused-ring (bicyclic) bond motifs is 2. The Bertz CT molecular complexity index is 2150. The highest BCUT2D eigenvalue weighted by Crippen LogP contribution is 2.55. The minimum Gasteiger partial charge on any atom is -0.507 e. The molecule has 308 valence electrons. The summed E-state index contributed by atoms with van der Waals surface area (Å²) in [7, 11) is -14.3. The summed E-state index contributed by atoms with van der Waals surface area (Å²) in [6, 6.07) is 26.4. The Labute approximate surface area is 294 Å². The lowest BCUT2D eigenvalue weighted by atomic mass is 9.93. The highest BCUT2D eigenvalue weighted by atomic mass is 32.2. The van der Waals surface area contributed by atoms with Crippen molar-refractivity contribution in [2.24, 2.45) is 0 Å². The molecule has 0 spiro atoms. The van der Waals surface area contributed by atoms with E-state index < -0.39 is 66.8 Å². The van der Waals surface area contributed by atoms with E-state index in [1.165, 1.54) is 5.39 Å². The molecule has 3 N–H and O–H groups in total. The molecule has 0 amide bonds. The van der Waals surface area contributed by atoms with Crippen LogP contribution in [0.4, 0.5) is 79.0 Å². The molecule has 0 aliphatic rings. The molecule has 0 bridgehead atoms. The summed E-state index contributed by atoms with van der Waals surface area (Å²) in [6.45, 7) is 0. The van der Waals surface area contributed by atoms with Gasteiger partial charge in [0, 0.05) is 5.56 Å². The van der Waals surface area contributed by atoms with Crippen LogP contribution in [0.1, 0.15) is 0 Å². The molecule has 7 nitrogen and oxygen atoms in total. The third-order valence-corrected chi connectivity index (χ3v) is 8.65. The van der Waals surface area contributed by atoms with Gasteiger partial charge in [0.2, 0.25) is 0 Å². The first-order valence-electron chi connectivity index (χ1n) is 13.4. The fourth-order valence-electron chi connectivity index (χ4n) is 4.03. The summed E-state index contributed by atoms with van der Waals surface area (Å²) in [6.07, 6.45) is -14.3. The van der Waals surface area contributed by atoms with Gasteiger partial charge in [-0.25, -0.2) is 0 Å². The lowest BCUT2D eigenvalue weighted by Gasteiger charge is -2.31. The highest BCUT2D eigenvalue weighted by molar-refractivity contribution is 7.87. The summed E-state index contributed by atoms with van der Waals surface area (Å²) in [4.78, 5) is 0. The van der Waals surface area contributed by atoms with Crippen molar-refractivity contribution in [3.63, 3.8) is 0 Å². The lowest BCUT2D eigenvalue weighted by molar-refractivity contribution is -0.382. The van der Waals surface area contributed by atoms with E-state index in [2.05, 4.69) is 36.4 Å². The summed E-state index contributed by atoms with van der Waals surface area (Å²) in [5.41, 5.74) is 1.98. The van der Waals surface area contributed by atoms with Crippen LogP contribution in [0, 0.1) is 0 Å². The number of halogens is 18. The van der Waals surface area contributed by atoms with Gasteiger partial charge in [-0.05, 0) is 33.2 Å². The summed E-state index contributed by atoms with van der Waals surface area (Å²) in [5.74, 6) is -29.1. The van der Waals surface area contributed by atoms with Crippen molar-refractivity contribution >= 4 is 41.8 Å². The second-order valence-corrected chi connectivity index (χ2v) is 13.4. The van der Waals surface area contributed by atoms with Crippen molar-refractivity contribution in [3.05, 3.63) is 78.9 Å². The highest BCUT2D eigenvalue weighted by Gasteiger charge is 2.86. The lowest BCUT2D eigenvalue weighted by Crippen LogP contribution is -2.63. The van der Waals surface area contributed by atoms with E-state index in [1.807, 2.05) is 36.4 Å². The molecule has 0 unspecified atom stereocenters. The average Bonchev–Trinajstić information content (AvgIpc) is 3.02. The molecule has 0 aliphatic carbocycles. The van der Waals surface area contributed by atoms with Gasteiger partial charge in [0.05, 0.1) is 0 Å². The third-order valence-electron chi connectivity index (χ3n) is 6.85. The first-order chi connectivity index (χ1) is 24.3. The molecule has 0 atom stereocenters. The van der Waals surface area contributed by atoms with Crippen LogP contribution in [0.3, 0.4) is 0 Å². The largest absolute Gasteiger partial charge is 0.507 e. The van der Waals surface area contributed by atoms with Crippen molar-refractivity contribution in [3.8, 4) is 16.9 Å². The molecule has 0 radical (unpaired) electrons. The minimum absolute atomic E-state index is 0.324. The van der Waals surface area contributed by atoms with E-state index >= 15 is 0 Å². The van der Waals surface area contributed by atoms with Crippen molar-refractivity contribution < 1.29 is 110 Å². The topological polar surface area (TPSA) is 129 Å². The maximum absolute atomic E-state index is 12.2. The average molecular weight is 871 g/mol. The maximum Gasteiger partial charge on any atom is 0.460 e. The summed E-state index contributed by atoms with van der Waals surface area (Å²) in [5, 5.41) is 0.976. The van der Waals surface area contributed by atoms with Gasteiger partial charge in [0.1, 0.15) is 5.75 Å². The number of hydrogen-bond acceptors (Lipinski definition) is 5. The van der Waals surface area contributed by atoms with Crippen LogP contribution < -0.4 is 0 Å². The standard InChI is InChI=1S/C20H14O.2C4HF9O3S/c21-19-13-12-15-7-2-4-10-17(15)20(19)18-11-5-8-14-6-1-3-9-16(14)18;2*5-1(6,3(9,10)11)2(7,8)4(12,13)17(14,15)16/h1-13,21H;2*(H,14,15,16). The van der Waals surface area contributed by atoms with Crippen molar-refractivity contribution in [2.75, 3.05) is 0 Å². The van der Waals surface area contributed by atoms with Gasteiger partial charge in [-0.2, -0.15) is 95.9 Å². The van der Waals surface area contributed by atoms with Crippen LogP contribution in [0.15, 0.2) is 78.9 Å². The number of hydrogen-bond donors (Lipinski definition) is 3. The van der Waals surface area contributed by atoms with E-state index in [1.54, 1.807) is 6.07 Å². The predicted molar refractivity (Wildman–Crippen MR) is 153 cm³/mol. The van der Waals surface area contributed by atoms with E-state index in [9.17, 15) is 101 Å².